The van der Waals surface area contributed by atoms with Crippen LogP contribution in [0.25, 0.3) is 0 Å². The number of pyridine rings is 1. The maximum atomic E-state index is 5.54. The second kappa shape index (κ2) is 6.55. The Kier molecular flexibility index (Phi) is 5.35. The fraction of sp³-hybridized carbons (Fsp3) is 0.538. The summed E-state index contributed by atoms with van der Waals surface area (Å²) < 4.78 is 0. The van der Waals surface area contributed by atoms with Crippen LogP contribution in [-0.4, -0.2) is 28.6 Å². The summed E-state index contributed by atoms with van der Waals surface area (Å²) in [5, 5.41) is 0.456. The van der Waals surface area contributed by atoms with Gasteiger partial charge in [0.1, 0.15) is 0 Å². The molecular weight excluding hydrogens is 230 g/mol. The number of nitrogens with two attached hydrogens (primary N) is 1. The maximum absolute atomic E-state index is 5.54. The van der Waals surface area contributed by atoms with E-state index in [1.165, 1.54) is 11.3 Å². The lowest BCUT2D eigenvalue weighted by atomic mass is 10.1. The van der Waals surface area contributed by atoms with Gasteiger partial charge in [-0.1, -0.05) is 13.0 Å². The standard InChI is InChI=1S/C13H21N3S/c1-4-11-8-7-10(2)15-12(11)6-5-9-16(3)13(14)17/h7-8H,4-6,9H2,1-3H3,(H2,14,17). The van der Waals surface area contributed by atoms with Crippen molar-refractivity contribution in [3.63, 3.8) is 0 Å². The molecule has 0 saturated carbocycles. The van der Waals surface area contributed by atoms with Crippen LogP contribution < -0.4 is 5.73 Å². The van der Waals surface area contributed by atoms with Crippen molar-refractivity contribution in [2.24, 2.45) is 5.73 Å². The highest BCUT2D eigenvalue weighted by Gasteiger charge is 2.04. The highest BCUT2D eigenvalue weighted by Crippen LogP contribution is 2.11. The zero-order valence-corrected chi connectivity index (χ0v) is 11.7. The quantitative estimate of drug-likeness (QED) is 0.813. The fourth-order valence-electron chi connectivity index (χ4n) is 1.77. The van der Waals surface area contributed by atoms with E-state index >= 15 is 0 Å². The third-order valence-corrected chi connectivity index (χ3v) is 3.18. The molecular formula is C13H21N3S. The Bertz CT molecular complexity index is 390. The molecule has 0 radical (unpaired) electrons. The topological polar surface area (TPSA) is 42.2 Å². The predicted molar refractivity (Wildman–Crippen MR) is 76.1 cm³/mol. The first-order chi connectivity index (χ1) is 8.04. The molecule has 0 bridgehead atoms. The van der Waals surface area contributed by atoms with E-state index in [1.807, 2.05) is 18.9 Å². The number of nitrogens with zero attached hydrogens (tertiary/aromatic N) is 2. The van der Waals surface area contributed by atoms with Gasteiger partial charge in [0.2, 0.25) is 0 Å². The number of aryl methyl sites for hydroxylation is 3. The van der Waals surface area contributed by atoms with Gasteiger partial charge in [0, 0.05) is 25.0 Å². The lowest BCUT2D eigenvalue weighted by molar-refractivity contribution is 0.489. The Hall–Kier alpha value is -1.16. The van der Waals surface area contributed by atoms with Gasteiger partial charge >= 0.3 is 0 Å². The summed E-state index contributed by atoms with van der Waals surface area (Å²) in [6.07, 6.45) is 3.04. The first-order valence-corrected chi connectivity index (χ1v) is 6.41. The van der Waals surface area contributed by atoms with Crippen LogP contribution >= 0.6 is 12.2 Å². The highest BCUT2D eigenvalue weighted by atomic mass is 32.1. The molecule has 0 aliphatic heterocycles. The van der Waals surface area contributed by atoms with Gasteiger partial charge in [-0.2, -0.15) is 0 Å². The lowest BCUT2D eigenvalue weighted by Crippen LogP contribution is -2.32. The summed E-state index contributed by atoms with van der Waals surface area (Å²) >= 11 is 4.91. The van der Waals surface area contributed by atoms with E-state index in [9.17, 15) is 0 Å². The highest BCUT2D eigenvalue weighted by molar-refractivity contribution is 7.80. The van der Waals surface area contributed by atoms with Gasteiger partial charge in [0.25, 0.3) is 0 Å². The average Bonchev–Trinajstić information content (AvgIpc) is 2.29. The van der Waals surface area contributed by atoms with Gasteiger partial charge in [-0.05, 0) is 50.0 Å². The second-order valence-corrected chi connectivity index (χ2v) is 4.69. The van der Waals surface area contributed by atoms with Crippen molar-refractivity contribution >= 4 is 17.3 Å². The molecule has 0 saturated heterocycles. The molecule has 0 atom stereocenters. The largest absolute Gasteiger partial charge is 0.376 e. The molecule has 94 valence electrons. The zero-order valence-electron chi connectivity index (χ0n) is 10.9. The molecule has 4 heteroatoms. The Morgan fingerprint density at radius 1 is 1.47 bits per heavy atom. The zero-order chi connectivity index (χ0) is 12.8. The summed E-state index contributed by atoms with van der Waals surface area (Å²) in [6, 6.07) is 4.25. The Balaban J connectivity index is 2.56. The number of rotatable bonds is 5. The second-order valence-electron chi connectivity index (χ2n) is 4.28. The molecule has 1 aromatic heterocycles. The Morgan fingerprint density at radius 3 is 2.76 bits per heavy atom. The van der Waals surface area contributed by atoms with E-state index in [-0.39, 0.29) is 0 Å². The summed E-state index contributed by atoms with van der Waals surface area (Å²) in [5.74, 6) is 0. The normalized spacial score (nSPS) is 10.3. The van der Waals surface area contributed by atoms with E-state index in [0.29, 0.717) is 5.11 Å². The Morgan fingerprint density at radius 2 is 2.18 bits per heavy atom. The minimum atomic E-state index is 0.456. The van der Waals surface area contributed by atoms with Crippen LogP contribution in [-0.2, 0) is 12.8 Å². The molecule has 0 aliphatic rings. The lowest BCUT2D eigenvalue weighted by Gasteiger charge is -2.16. The van der Waals surface area contributed by atoms with Crippen molar-refractivity contribution < 1.29 is 0 Å². The fourth-order valence-corrected chi connectivity index (χ4v) is 1.86. The summed E-state index contributed by atoms with van der Waals surface area (Å²) in [6.45, 7) is 5.08. The number of aromatic nitrogens is 1. The number of hydrogen-bond acceptors (Lipinski definition) is 2. The van der Waals surface area contributed by atoms with Crippen LogP contribution in [0.4, 0.5) is 0 Å². The molecule has 0 unspecified atom stereocenters. The van der Waals surface area contributed by atoms with Gasteiger partial charge < -0.3 is 10.6 Å². The van der Waals surface area contributed by atoms with Crippen molar-refractivity contribution in [2.75, 3.05) is 13.6 Å². The number of hydrogen-bond donors (Lipinski definition) is 1. The average molecular weight is 251 g/mol. The molecule has 2 N–H and O–H groups in total. The van der Waals surface area contributed by atoms with Crippen molar-refractivity contribution in [2.45, 2.75) is 33.1 Å². The van der Waals surface area contributed by atoms with Crippen LogP contribution in [0.2, 0.25) is 0 Å². The van der Waals surface area contributed by atoms with Crippen molar-refractivity contribution in [3.05, 3.63) is 29.1 Å². The molecule has 1 heterocycles. The van der Waals surface area contributed by atoms with Gasteiger partial charge in [-0.25, -0.2) is 0 Å². The third kappa shape index (κ3) is 4.30. The van der Waals surface area contributed by atoms with Crippen LogP contribution in [0.3, 0.4) is 0 Å². The number of thiocarbonyl (C=S) groups is 1. The van der Waals surface area contributed by atoms with Crippen molar-refractivity contribution in [3.8, 4) is 0 Å². The summed E-state index contributed by atoms with van der Waals surface area (Å²) in [4.78, 5) is 6.50. The monoisotopic (exact) mass is 251 g/mol. The van der Waals surface area contributed by atoms with Crippen LogP contribution in [0, 0.1) is 6.92 Å². The first kappa shape index (κ1) is 13.9. The molecule has 0 amide bonds. The van der Waals surface area contributed by atoms with E-state index in [0.717, 1.165) is 31.5 Å². The molecule has 0 aromatic carbocycles. The maximum Gasteiger partial charge on any atom is 0.166 e. The van der Waals surface area contributed by atoms with E-state index in [4.69, 9.17) is 18.0 Å². The Labute approximate surface area is 109 Å². The molecule has 3 nitrogen and oxygen atoms in total. The third-order valence-electron chi connectivity index (χ3n) is 2.87. The van der Waals surface area contributed by atoms with E-state index in [1.54, 1.807) is 0 Å². The SMILES string of the molecule is CCc1ccc(C)nc1CCCN(C)C(N)=S. The predicted octanol–water partition coefficient (Wildman–Crippen LogP) is 2.06. The van der Waals surface area contributed by atoms with Gasteiger partial charge in [-0.15, -0.1) is 0 Å². The van der Waals surface area contributed by atoms with Gasteiger partial charge in [0.05, 0.1) is 0 Å². The molecule has 0 aliphatic carbocycles. The van der Waals surface area contributed by atoms with Crippen molar-refractivity contribution in [1.82, 2.24) is 9.88 Å². The molecule has 0 spiro atoms. The smallest absolute Gasteiger partial charge is 0.166 e. The van der Waals surface area contributed by atoms with E-state index in [2.05, 4.69) is 24.0 Å². The summed E-state index contributed by atoms with van der Waals surface area (Å²) in [5.41, 5.74) is 9.17. The molecule has 1 aromatic rings. The van der Waals surface area contributed by atoms with Gasteiger partial charge in [-0.3, -0.25) is 4.98 Å². The molecule has 0 fully saturated rings. The first-order valence-electron chi connectivity index (χ1n) is 6.00. The van der Waals surface area contributed by atoms with E-state index < -0.39 is 0 Å². The van der Waals surface area contributed by atoms with Crippen LogP contribution in [0.5, 0.6) is 0 Å². The van der Waals surface area contributed by atoms with Crippen LogP contribution in [0.15, 0.2) is 12.1 Å². The molecule has 17 heavy (non-hydrogen) atoms. The van der Waals surface area contributed by atoms with Gasteiger partial charge in [0.15, 0.2) is 5.11 Å². The molecule has 1 rings (SSSR count). The van der Waals surface area contributed by atoms with Crippen molar-refractivity contribution in [1.29, 1.82) is 0 Å². The minimum absolute atomic E-state index is 0.456. The minimum Gasteiger partial charge on any atom is -0.376 e. The summed E-state index contributed by atoms with van der Waals surface area (Å²) in [7, 11) is 1.92. The van der Waals surface area contributed by atoms with Crippen LogP contribution in [0.1, 0.15) is 30.3 Å².